The van der Waals surface area contributed by atoms with Gasteiger partial charge in [-0.25, -0.2) is 4.79 Å². The highest BCUT2D eigenvalue weighted by Crippen LogP contribution is 2.39. The van der Waals surface area contributed by atoms with Crippen molar-refractivity contribution in [3.8, 4) is 0 Å². The maximum atomic E-state index is 13.2. The lowest BCUT2D eigenvalue weighted by atomic mass is 9.81. The average molecular weight is 404 g/mol. The molecule has 0 bridgehead atoms. The summed E-state index contributed by atoms with van der Waals surface area (Å²) in [6.45, 7) is 12.1. The van der Waals surface area contributed by atoms with E-state index >= 15 is 0 Å². The van der Waals surface area contributed by atoms with Gasteiger partial charge in [0.2, 0.25) is 5.91 Å². The molecule has 30 heavy (non-hydrogen) atoms. The van der Waals surface area contributed by atoms with Crippen molar-refractivity contribution in [2.24, 2.45) is 0 Å². The molecule has 1 aliphatic heterocycles. The molecular weight excluding hydrogens is 374 g/mol. The quantitative estimate of drug-likeness (QED) is 0.496. The first-order valence-corrected chi connectivity index (χ1v) is 10.2. The number of hydrogen-bond acceptors (Lipinski definition) is 3. The maximum Gasteiger partial charge on any atom is 0.336 e. The van der Waals surface area contributed by atoms with E-state index in [2.05, 4.69) is 12.6 Å². The number of ether oxygens (including phenoxy) is 1. The molecule has 2 aromatic carbocycles. The van der Waals surface area contributed by atoms with Crippen molar-refractivity contribution in [3.63, 3.8) is 0 Å². The van der Waals surface area contributed by atoms with Crippen LogP contribution in [0.2, 0.25) is 0 Å². The van der Waals surface area contributed by atoms with Gasteiger partial charge in [-0.1, -0.05) is 66.2 Å². The fourth-order valence-corrected chi connectivity index (χ4v) is 3.96. The van der Waals surface area contributed by atoms with E-state index in [1.807, 2.05) is 64.1 Å². The van der Waals surface area contributed by atoms with Crippen LogP contribution in [0.4, 0.5) is 0 Å². The number of hydrogen-bond donors (Lipinski definition) is 0. The van der Waals surface area contributed by atoms with Gasteiger partial charge >= 0.3 is 5.97 Å². The number of allylic oxidation sites excluding steroid dienone is 1. The predicted octanol–water partition coefficient (Wildman–Crippen LogP) is 5.13. The van der Waals surface area contributed by atoms with Gasteiger partial charge in [0.25, 0.3) is 0 Å². The minimum absolute atomic E-state index is 0.0132. The summed E-state index contributed by atoms with van der Waals surface area (Å²) in [5.41, 5.74) is 6.57. The topological polar surface area (TPSA) is 46.6 Å². The van der Waals surface area contributed by atoms with Gasteiger partial charge in [-0.05, 0) is 44.4 Å². The molecule has 1 atom stereocenters. The Morgan fingerprint density at radius 2 is 1.77 bits per heavy atom. The van der Waals surface area contributed by atoms with Crippen LogP contribution in [0.5, 0.6) is 0 Å². The molecule has 2 aromatic rings. The molecule has 0 spiro atoms. The number of carbonyl (C=O) groups excluding carboxylic acids is 2. The van der Waals surface area contributed by atoms with Crippen LogP contribution >= 0.6 is 0 Å². The van der Waals surface area contributed by atoms with Gasteiger partial charge in [-0.2, -0.15) is 0 Å². The highest BCUT2D eigenvalue weighted by Gasteiger charge is 2.37. The molecule has 4 heteroatoms. The lowest BCUT2D eigenvalue weighted by Gasteiger charge is -2.35. The van der Waals surface area contributed by atoms with Crippen LogP contribution < -0.4 is 0 Å². The van der Waals surface area contributed by atoms with Gasteiger partial charge in [0.15, 0.2) is 0 Å². The van der Waals surface area contributed by atoms with Crippen molar-refractivity contribution in [2.75, 3.05) is 6.61 Å². The SMILES string of the molecule is C=CCOC(=O)C1=C(C)N(Cc2ccc(C)cc2)C(=O)CC1c1cc(C)ccc1C. The number of rotatable bonds is 6. The molecule has 1 amide bonds. The number of esters is 1. The number of aryl methyl sites for hydroxylation is 3. The number of amides is 1. The summed E-state index contributed by atoms with van der Waals surface area (Å²) in [6, 6.07) is 14.2. The van der Waals surface area contributed by atoms with Gasteiger partial charge in [0, 0.05) is 18.0 Å². The van der Waals surface area contributed by atoms with Gasteiger partial charge < -0.3 is 9.64 Å². The third kappa shape index (κ3) is 4.54. The Labute approximate surface area is 178 Å². The molecule has 4 nitrogen and oxygen atoms in total. The highest BCUT2D eigenvalue weighted by atomic mass is 16.5. The molecule has 156 valence electrons. The summed E-state index contributed by atoms with van der Waals surface area (Å²) < 4.78 is 5.42. The molecule has 1 unspecified atom stereocenters. The Morgan fingerprint density at radius 1 is 1.10 bits per heavy atom. The standard InChI is InChI=1S/C26H29NO3/c1-6-13-30-26(29)25-20(5)27(16-21-11-8-17(2)9-12-21)24(28)15-23(25)22-14-18(3)7-10-19(22)4/h6-12,14,23H,1,13,15-16H2,2-5H3. The Kier molecular flexibility index (Phi) is 6.56. The molecule has 1 aliphatic rings. The van der Waals surface area contributed by atoms with Crippen molar-refractivity contribution in [2.45, 2.75) is 46.6 Å². The lowest BCUT2D eigenvalue weighted by Crippen LogP contribution is -2.38. The minimum atomic E-state index is -0.389. The van der Waals surface area contributed by atoms with E-state index in [0.29, 0.717) is 17.8 Å². The zero-order chi connectivity index (χ0) is 21.8. The van der Waals surface area contributed by atoms with E-state index in [1.165, 1.54) is 5.56 Å². The van der Waals surface area contributed by atoms with E-state index in [9.17, 15) is 9.59 Å². The van der Waals surface area contributed by atoms with E-state index in [0.717, 1.165) is 22.3 Å². The summed E-state index contributed by atoms with van der Waals surface area (Å²) in [6.07, 6.45) is 1.80. The third-order valence-electron chi connectivity index (χ3n) is 5.65. The molecule has 0 saturated heterocycles. The second kappa shape index (κ2) is 9.12. The van der Waals surface area contributed by atoms with Crippen molar-refractivity contribution < 1.29 is 14.3 Å². The molecule has 3 rings (SSSR count). The molecule has 0 aliphatic carbocycles. The minimum Gasteiger partial charge on any atom is -0.458 e. The highest BCUT2D eigenvalue weighted by molar-refractivity contribution is 5.96. The van der Waals surface area contributed by atoms with Crippen LogP contribution in [0.25, 0.3) is 0 Å². The van der Waals surface area contributed by atoms with Gasteiger partial charge in [0.05, 0.1) is 12.1 Å². The van der Waals surface area contributed by atoms with Crippen LogP contribution in [-0.4, -0.2) is 23.4 Å². The van der Waals surface area contributed by atoms with Crippen LogP contribution in [0.1, 0.15) is 47.1 Å². The van der Waals surface area contributed by atoms with E-state index in [4.69, 9.17) is 4.74 Å². The Bertz CT molecular complexity index is 1000. The molecular formula is C26H29NO3. The Balaban J connectivity index is 2.06. The Hall–Kier alpha value is -3.14. The summed E-state index contributed by atoms with van der Waals surface area (Å²) in [4.78, 5) is 27.9. The smallest absolute Gasteiger partial charge is 0.336 e. The average Bonchev–Trinajstić information content (AvgIpc) is 2.72. The fraction of sp³-hybridized carbons (Fsp3) is 0.308. The predicted molar refractivity (Wildman–Crippen MR) is 119 cm³/mol. The first-order valence-electron chi connectivity index (χ1n) is 10.2. The molecule has 0 fully saturated rings. The number of carbonyl (C=O) groups is 2. The molecule has 0 saturated carbocycles. The fourth-order valence-electron chi connectivity index (χ4n) is 3.96. The van der Waals surface area contributed by atoms with E-state index in [1.54, 1.807) is 11.0 Å². The normalized spacial score (nSPS) is 16.6. The van der Waals surface area contributed by atoms with Crippen molar-refractivity contribution in [1.82, 2.24) is 4.90 Å². The van der Waals surface area contributed by atoms with Crippen molar-refractivity contribution >= 4 is 11.9 Å². The third-order valence-corrected chi connectivity index (χ3v) is 5.65. The molecule has 0 N–H and O–H groups in total. The van der Waals surface area contributed by atoms with Crippen molar-refractivity contribution in [3.05, 3.63) is 94.2 Å². The first kappa shape index (κ1) is 21.6. The molecule has 0 aromatic heterocycles. The lowest BCUT2D eigenvalue weighted by molar-refractivity contribution is -0.139. The van der Waals surface area contributed by atoms with Gasteiger partial charge in [-0.15, -0.1) is 0 Å². The molecule has 0 radical (unpaired) electrons. The summed E-state index contributed by atoms with van der Waals surface area (Å²) in [5, 5.41) is 0. The van der Waals surface area contributed by atoms with Crippen molar-refractivity contribution in [1.29, 1.82) is 0 Å². The number of benzene rings is 2. The van der Waals surface area contributed by atoms with E-state index in [-0.39, 0.29) is 30.8 Å². The summed E-state index contributed by atoms with van der Waals surface area (Å²) in [5.74, 6) is -0.692. The van der Waals surface area contributed by atoms with Crippen LogP contribution in [-0.2, 0) is 20.9 Å². The van der Waals surface area contributed by atoms with Crippen LogP contribution in [0.3, 0.4) is 0 Å². The van der Waals surface area contributed by atoms with Crippen LogP contribution in [0.15, 0.2) is 66.4 Å². The second-order valence-electron chi connectivity index (χ2n) is 7.97. The Morgan fingerprint density at radius 3 is 2.43 bits per heavy atom. The second-order valence-corrected chi connectivity index (χ2v) is 7.97. The van der Waals surface area contributed by atoms with E-state index < -0.39 is 0 Å². The zero-order valence-electron chi connectivity index (χ0n) is 18.2. The van der Waals surface area contributed by atoms with Gasteiger partial charge in [0.1, 0.15) is 6.61 Å². The monoisotopic (exact) mass is 403 g/mol. The largest absolute Gasteiger partial charge is 0.458 e. The summed E-state index contributed by atoms with van der Waals surface area (Å²) >= 11 is 0. The zero-order valence-corrected chi connectivity index (χ0v) is 18.2. The molecule has 1 heterocycles. The number of nitrogens with zero attached hydrogens (tertiary/aromatic N) is 1. The van der Waals surface area contributed by atoms with Gasteiger partial charge in [-0.3, -0.25) is 4.79 Å². The first-order chi connectivity index (χ1) is 14.3. The maximum absolute atomic E-state index is 13.2. The van der Waals surface area contributed by atoms with Crippen LogP contribution in [0, 0.1) is 20.8 Å². The summed E-state index contributed by atoms with van der Waals surface area (Å²) in [7, 11) is 0.